The predicted molar refractivity (Wildman–Crippen MR) is 70.2 cm³/mol. The Bertz CT molecular complexity index is 466. The fourth-order valence-corrected chi connectivity index (χ4v) is 1.90. The molecule has 1 rings (SSSR count). The molecule has 0 aliphatic carbocycles. The van der Waals surface area contributed by atoms with Crippen LogP contribution in [-0.4, -0.2) is 63.7 Å². The summed E-state index contributed by atoms with van der Waals surface area (Å²) in [4.78, 5) is 47.1. The summed E-state index contributed by atoms with van der Waals surface area (Å²) in [5.74, 6) is -2.60. The number of carboxylic acid groups (broad SMARTS) is 1. The Morgan fingerprint density at radius 3 is 2.48 bits per heavy atom. The molecule has 0 aromatic carbocycles. The van der Waals surface area contributed by atoms with Gasteiger partial charge >= 0.3 is 12.0 Å². The number of carboxylic acids is 1. The topological polar surface area (TPSA) is 136 Å². The molecule has 9 nitrogen and oxygen atoms in total. The first kappa shape index (κ1) is 16.9. The first-order valence-corrected chi connectivity index (χ1v) is 6.52. The molecule has 4 amide bonds. The van der Waals surface area contributed by atoms with E-state index in [4.69, 9.17) is 10.2 Å². The van der Waals surface area contributed by atoms with E-state index >= 15 is 0 Å². The lowest BCUT2D eigenvalue weighted by molar-refractivity contribution is -0.142. The summed E-state index contributed by atoms with van der Waals surface area (Å²) in [6.45, 7) is 2.31. The first-order chi connectivity index (χ1) is 9.75. The van der Waals surface area contributed by atoms with Gasteiger partial charge in [0.2, 0.25) is 5.91 Å². The van der Waals surface area contributed by atoms with Gasteiger partial charge in [-0.3, -0.25) is 14.5 Å². The van der Waals surface area contributed by atoms with Gasteiger partial charge in [0.05, 0.1) is 0 Å². The number of aliphatic hydroxyl groups is 1. The summed E-state index contributed by atoms with van der Waals surface area (Å²) in [7, 11) is 0. The Morgan fingerprint density at radius 2 is 2.05 bits per heavy atom. The molecule has 0 radical (unpaired) electrons. The summed E-state index contributed by atoms with van der Waals surface area (Å²) in [5.41, 5.74) is -1.05. The Kier molecular flexibility index (Phi) is 5.25. The Labute approximate surface area is 121 Å². The SMILES string of the molecule is CCC1(C)NC(=O)N(CC(=O)N[C@H](CCO)C(=O)O)C1=O. The molecule has 1 aliphatic heterocycles. The molecular weight excluding hydrogens is 282 g/mol. The van der Waals surface area contributed by atoms with E-state index in [2.05, 4.69) is 10.6 Å². The maximum atomic E-state index is 12.1. The van der Waals surface area contributed by atoms with E-state index in [0.717, 1.165) is 4.90 Å². The van der Waals surface area contributed by atoms with Crippen LogP contribution in [0.3, 0.4) is 0 Å². The van der Waals surface area contributed by atoms with Gasteiger partial charge in [0, 0.05) is 13.0 Å². The van der Waals surface area contributed by atoms with Gasteiger partial charge in [0.15, 0.2) is 0 Å². The molecule has 1 heterocycles. The average Bonchev–Trinajstić information content (AvgIpc) is 2.62. The summed E-state index contributed by atoms with van der Waals surface area (Å²) in [6, 6.07) is -1.95. The van der Waals surface area contributed by atoms with Gasteiger partial charge < -0.3 is 20.8 Å². The minimum atomic E-state index is -1.30. The van der Waals surface area contributed by atoms with Crippen molar-refractivity contribution in [3.05, 3.63) is 0 Å². The fourth-order valence-electron chi connectivity index (χ4n) is 1.90. The van der Waals surface area contributed by atoms with Crippen LogP contribution in [-0.2, 0) is 14.4 Å². The van der Waals surface area contributed by atoms with Crippen molar-refractivity contribution in [2.75, 3.05) is 13.2 Å². The van der Waals surface area contributed by atoms with Crippen LogP contribution in [0.25, 0.3) is 0 Å². The summed E-state index contributed by atoms with van der Waals surface area (Å²) in [5, 5.41) is 22.2. The summed E-state index contributed by atoms with van der Waals surface area (Å²) in [6.07, 6.45) is 0.214. The molecular formula is C12H19N3O6. The first-order valence-electron chi connectivity index (χ1n) is 6.52. The number of hydrogen-bond donors (Lipinski definition) is 4. The molecule has 1 aliphatic rings. The van der Waals surface area contributed by atoms with Gasteiger partial charge in [0.1, 0.15) is 18.1 Å². The molecule has 0 aromatic rings. The lowest BCUT2D eigenvalue weighted by atomic mass is 9.99. The lowest BCUT2D eigenvalue weighted by Crippen LogP contribution is -2.48. The molecule has 0 saturated carbocycles. The van der Waals surface area contributed by atoms with E-state index in [0.29, 0.717) is 6.42 Å². The van der Waals surface area contributed by atoms with Crippen molar-refractivity contribution >= 4 is 23.8 Å². The van der Waals surface area contributed by atoms with Gasteiger partial charge in [0.25, 0.3) is 5.91 Å². The van der Waals surface area contributed by atoms with Crippen molar-refractivity contribution in [3.8, 4) is 0 Å². The van der Waals surface area contributed by atoms with Crippen molar-refractivity contribution in [1.29, 1.82) is 0 Å². The van der Waals surface area contributed by atoms with Crippen molar-refractivity contribution in [1.82, 2.24) is 15.5 Å². The third-order valence-corrected chi connectivity index (χ3v) is 3.41. The summed E-state index contributed by atoms with van der Waals surface area (Å²) >= 11 is 0. The van der Waals surface area contributed by atoms with Crippen LogP contribution in [0.2, 0.25) is 0 Å². The second-order valence-electron chi connectivity index (χ2n) is 4.98. The molecule has 118 valence electrons. The number of nitrogens with one attached hydrogen (secondary N) is 2. The molecule has 21 heavy (non-hydrogen) atoms. The Balaban J connectivity index is 2.69. The Hall–Kier alpha value is -2.16. The number of hydrogen-bond acceptors (Lipinski definition) is 5. The highest BCUT2D eigenvalue weighted by molar-refractivity contribution is 6.08. The number of amides is 4. The van der Waals surface area contributed by atoms with Crippen molar-refractivity contribution in [2.24, 2.45) is 0 Å². The number of carbonyl (C=O) groups is 4. The molecule has 1 saturated heterocycles. The molecule has 1 fully saturated rings. The zero-order chi connectivity index (χ0) is 16.2. The number of imide groups is 1. The minimum Gasteiger partial charge on any atom is -0.480 e. The van der Waals surface area contributed by atoms with Crippen molar-refractivity contribution < 1.29 is 29.4 Å². The van der Waals surface area contributed by atoms with Gasteiger partial charge in [-0.25, -0.2) is 9.59 Å². The second kappa shape index (κ2) is 6.53. The van der Waals surface area contributed by atoms with Crippen LogP contribution in [0.4, 0.5) is 4.79 Å². The second-order valence-corrected chi connectivity index (χ2v) is 4.98. The van der Waals surface area contributed by atoms with E-state index < -0.39 is 48.5 Å². The normalized spacial score (nSPS) is 22.9. The van der Waals surface area contributed by atoms with Crippen molar-refractivity contribution in [3.63, 3.8) is 0 Å². The zero-order valence-corrected chi connectivity index (χ0v) is 11.9. The van der Waals surface area contributed by atoms with E-state index in [1.807, 2.05) is 0 Å². The lowest BCUT2D eigenvalue weighted by Gasteiger charge is -2.19. The highest BCUT2D eigenvalue weighted by Gasteiger charge is 2.47. The van der Waals surface area contributed by atoms with E-state index in [1.54, 1.807) is 13.8 Å². The molecule has 4 N–H and O–H groups in total. The van der Waals surface area contributed by atoms with Crippen LogP contribution in [0.1, 0.15) is 26.7 Å². The monoisotopic (exact) mass is 301 g/mol. The predicted octanol–water partition coefficient (Wildman–Crippen LogP) is -1.34. The quantitative estimate of drug-likeness (QED) is 0.430. The van der Waals surface area contributed by atoms with Crippen LogP contribution in [0.5, 0.6) is 0 Å². The Morgan fingerprint density at radius 1 is 1.43 bits per heavy atom. The maximum absolute atomic E-state index is 12.1. The van der Waals surface area contributed by atoms with E-state index in [1.165, 1.54) is 0 Å². The van der Waals surface area contributed by atoms with Crippen LogP contribution >= 0.6 is 0 Å². The van der Waals surface area contributed by atoms with E-state index in [-0.39, 0.29) is 6.42 Å². The summed E-state index contributed by atoms with van der Waals surface area (Å²) < 4.78 is 0. The third kappa shape index (κ3) is 3.69. The maximum Gasteiger partial charge on any atom is 0.326 e. The number of urea groups is 1. The fraction of sp³-hybridized carbons (Fsp3) is 0.667. The largest absolute Gasteiger partial charge is 0.480 e. The minimum absolute atomic E-state index is 0.159. The van der Waals surface area contributed by atoms with Crippen molar-refractivity contribution in [2.45, 2.75) is 38.3 Å². The van der Waals surface area contributed by atoms with Gasteiger partial charge in [-0.2, -0.15) is 0 Å². The third-order valence-electron chi connectivity index (χ3n) is 3.41. The molecule has 9 heteroatoms. The zero-order valence-electron chi connectivity index (χ0n) is 11.9. The highest BCUT2D eigenvalue weighted by Crippen LogP contribution is 2.20. The molecule has 1 unspecified atom stereocenters. The number of aliphatic hydroxyl groups excluding tert-OH is 1. The van der Waals surface area contributed by atoms with Crippen LogP contribution < -0.4 is 10.6 Å². The number of rotatable bonds is 7. The van der Waals surface area contributed by atoms with Gasteiger partial charge in [-0.15, -0.1) is 0 Å². The molecule has 0 bridgehead atoms. The number of nitrogens with zero attached hydrogens (tertiary/aromatic N) is 1. The highest BCUT2D eigenvalue weighted by atomic mass is 16.4. The average molecular weight is 301 g/mol. The number of aliphatic carboxylic acids is 1. The van der Waals surface area contributed by atoms with Gasteiger partial charge in [-0.05, 0) is 13.3 Å². The van der Waals surface area contributed by atoms with Gasteiger partial charge in [-0.1, -0.05) is 6.92 Å². The van der Waals surface area contributed by atoms with E-state index in [9.17, 15) is 19.2 Å². The smallest absolute Gasteiger partial charge is 0.326 e. The van der Waals surface area contributed by atoms with Crippen LogP contribution in [0.15, 0.2) is 0 Å². The number of carbonyl (C=O) groups excluding carboxylic acids is 3. The molecule has 2 atom stereocenters. The standard InChI is InChI=1S/C12H19N3O6/c1-3-12(2)10(20)15(11(21)14-12)6-8(17)13-7(4-5-16)9(18)19/h7,16H,3-6H2,1-2H3,(H,13,17)(H,14,21)(H,18,19)/t7-,12?/m1/s1. The molecule has 0 spiro atoms. The molecule has 0 aromatic heterocycles. The van der Waals surface area contributed by atoms with Crippen LogP contribution in [0, 0.1) is 0 Å².